The van der Waals surface area contributed by atoms with Gasteiger partial charge in [0.05, 0.1) is 0 Å². The SMILES string of the molecule is C1=CC2NC=CN2C=C1.CC. The standard InChI is InChI=1S/C7H8N2.C2H6/c1-2-5-9-6-4-8-7(9)3-1;1-2/h1-8H;1-2H3. The highest BCUT2D eigenvalue weighted by Crippen LogP contribution is 2.09. The quantitative estimate of drug-likeness (QED) is 0.566. The first-order valence-corrected chi connectivity index (χ1v) is 4.02. The second kappa shape index (κ2) is 3.86. The summed E-state index contributed by atoms with van der Waals surface area (Å²) in [5, 5.41) is 3.17. The van der Waals surface area contributed by atoms with Crippen LogP contribution in [0.4, 0.5) is 0 Å². The third kappa shape index (κ3) is 1.64. The molecule has 2 heterocycles. The Morgan fingerprint density at radius 1 is 1.18 bits per heavy atom. The predicted octanol–water partition coefficient (Wildman–Crippen LogP) is 1.80. The Bertz CT molecular complexity index is 192. The van der Waals surface area contributed by atoms with Gasteiger partial charge in [0.15, 0.2) is 0 Å². The van der Waals surface area contributed by atoms with Crippen LogP contribution < -0.4 is 5.32 Å². The van der Waals surface area contributed by atoms with Crippen LogP contribution in [-0.4, -0.2) is 11.1 Å². The Kier molecular flexibility index (Phi) is 2.78. The summed E-state index contributed by atoms with van der Waals surface area (Å²) in [7, 11) is 0. The van der Waals surface area contributed by atoms with E-state index in [1.165, 1.54) is 0 Å². The van der Waals surface area contributed by atoms with Crippen molar-refractivity contribution in [1.29, 1.82) is 0 Å². The first-order valence-electron chi connectivity index (χ1n) is 4.02. The van der Waals surface area contributed by atoms with Crippen LogP contribution in [0.1, 0.15) is 13.8 Å². The van der Waals surface area contributed by atoms with Crippen molar-refractivity contribution in [1.82, 2.24) is 10.2 Å². The lowest BCUT2D eigenvalue weighted by atomic mass is 10.3. The molecule has 0 saturated carbocycles. The highest BCUT2D eigenvalue weighted by Gasteiger charge is 2.13. The molecule has 2 aliphatic rings. The highest BCUT2D eigenvalue weighted by atomic mass is 15.3. The summed E-state index contributed by atoms with van der Waals surface area (Å²) in [5.41, 5.74) is 0. The lowest BCUT2D eigenvalue weighted by molar-refractivity contribution is 0.426. The number of nitrogens with zero attached hydrogens (tertiary/aromatic N) is 1. The van der Waals surface area contributed by atoms with E-state index >= 15 is 0 Å². The lowest BCUT2D eigenvalue weighted by Crippen LogP contribution is -2.30. The first-order chi connectivity index (χ1) is 5.47. The molecule has 11 heavy (non-hydrogen) atoms. The Hall–Kier alpha value is -1.18. The molecular formula is C9H14N2. The maximum absolute atomic E-state index is 3.17. The van der Waals surface area contributed by atoms with Gasteiger partial charge in [-0.05, 0) is 12.2 Å². The average Bonchev–Trinajstić information content (AvgIpc) is 2.55. The van der Waals surface area contributed by atoms with Crippen molar-refractivity contribution in [2.75, 3.05) is 0 Å². The number of nitrogens with one attached hydrogen (secondary N) is 1. The predicted molar refractivity (Wildman–Crippen MR) is 47.5 cm³/mol. The van der Waals surface area contributed by atoms with Gasteiger partial charge in [-0.25, -0.2) is 0 Å². The zero-order chi connectivity index (χ0) is 8.10. The molecule has 0 aromatic heterocycles. The summed E-state index contributed by atoms with van der Waals surface area (Å²) >= 11 is 0. The molecule has 0 aliphatic carbocycles. The van der Waals surface area contributed by atoms with Gasteiger partial charge in [-0.15, -0.1) is 0 Å². The zero-order valence-corrected chi connectivity index (χ0v) is 6.99. The maximum Gasteiger partial charge on any atom is 0.122 e. The van der Waals surface area contributed by atoms with Crippen molar-refractivity contribution in [2.45, 2.75) is 20.0 Å². The van der Waals surface area contributed by atoms with E-state index < -0.39 is 0 Å². The van der Waals surface area contributed by atoms with Gasteiger partial charge >= 0.3 is 0 Å². The summed E-state index contributed by atoms with van der Waals surface area (Å²) in [4.78, 5) is 2.11. The van der Waals surface area contributed by atoms with Crippen LogP contribution in [0, 0.1) is 0 Å². The Balaban J connectivity index is 0.000000281. The number of fused-ring (bicyclic) bond motifs is 1. The van der Waals surface area contributed by atoms with Crippen LogP contribution in [0.2, 0.25) is 0 Å². The molecule has 2 rings (SSSR count). The topological polar surface area (TPSA) is 15.3 Å². The van der Waals surface area contributed by atoms with E-state index in [1.54, 1.807) is 0 Å². The summed E-state index contributed by atoms with van der Waals surface area (Å²) in [5.74, 6) is 0. The fraction of sp³-hybridized carbons (Fsp3) is 0.333. The van der Waals surface area contributed by atoms with Gasteiger partial charge in [0, 0.05) is 18.6 Å². The van der Waals surface area contributed by atoms with Crippen molar-refractivity contribution in [3.8, 4) is 0 Å². The van der Waals surface area contributed by atoms with E-state index in [1.807, 2.05) is 44.6 Å². The first kappa shape index (κ1) is 7.92. The van der Waals surface area contributed by atoms with Crippen LogP contribution in [0.15, 0.2) is 36.8 Å². The smallest absolute Gasteiger partial charge is 0.122 e. The fourth-order valence-corrected chi connectivity index (χ4v) is 1.02. The molecule has 2 aliphatic heterocycles. The molecule has 0 spiro atoms. The molecule has 0 radical (unpaired) electrons. The fourth-order valence-electron chi connectivity index (χ4n) is 1.02. The summed E-state index contributed by atoms with van der Waals surface area (Å²) in [6.45, 7) is 4.00. The summed E-state index contributed by atoms with van der Waals surface area (Å²) in [6.07, 6.45) is 12.6. The molecule has 1 atom stereocenters. The molecule has 1 unspecified atom stereocenters. The van der Waals surface area contributed by atoms with Crippen molar-refractivity contribution in [3.05, 3.63) is 36.8 Å². The third-order valence-electron chi connectivity index (χ3n) is 1.50. The van der Waals surface area contributed by atoms with Gasteiger partial charge in [0.2, 0.25) is 0 Å². The van der Waals surface area contributed by atoms with Gasteiger partial charge < -0.3 is 10.2 Å². The molecule has 0 fully saturated rings. The van der Waals surface area contributed by atoms with Crippen LogP contribution in [0.3, 0.4) is 0 Å². The molecule has 1 N–H and O–H groups in total. The maximum atomic E-state index is 3.17. The van der Waals surface area contributed by atoms with Gasteiger partial charge in [-0.1, -0.05) is 19.9 Å². The monoisotopic (exact) mass is 150 g/mol. The van der Waals surface area contributed by atoms with E-state index in [2.05, 4.69) is 16.3 Å². The molecule has 2 nitrogen and oxygen atoms in total. The van der Waals surface area contributed by atoms with Crippen molar-refractivity contribution in [2.24, 2.45) is 0 Å². The molecule has 0 aromatic carbocycles. The van der Waals surface area contributed by atoms with Crippen molar-refractivity contribution >= 4 is 0 Å². The van der Waals surface area contributed by atoms with Gasteiger partial charge in [0.1, 0.15) is 6.17 Å². The van der Waals surface area contributed by atoms with Crippen LogP contribution in [-0.2, 0) is 0 Å². The second-order valence-electron chi connectivity index (χ2n) is 2.10. The van der Waals surface area contributed by atoms with E-state index in [4.69, 9.17) is 0 Å². The minimum absolute atomic E-state index is 0.370. The summed E-state index contributed by atoms with van der Waals surface area (Å²) < 4.78 is 0. The number of hydrogen-bond donors (Lipinski definition) is 1. The largest absolute Gasteiger partial charge is 0.366 e. The average molecular weight is 150 g/mol. The molecule has 60 valence electrons. The lowest BCUT2D eigenvalue weighted by Gasteiger charge is -2.20. The Morgan fingerprint density at radius 2 is 2.00 bits per heavy atom. The minimum atomic E-state index is 0.370. The molecule has 0 amide bonds. The van der Waals surface area contributed by atoms with Crippen LogP contribution in [0.25, 0.3) is 0 Å². The highest BCUT2D eigenvalue weighted by molar-refractivity contribution is 5.18. The molecule has 2 heteroatoms. The van der Waals surface area contributed by atoms with Gasteiger partial charge in [-0.2, -0.15) is 0 Å². The number of rotatable bonds is 0. The minimum Gasteiger partial charge on any atom is -0.366 e. The van der Waals surface area contributed by atoms with Crippen LogP contribution in [0.5, 0.6) is 0 Å². The number of allylic oxidation sites excluding steroid dienone is 2. The summed E-state index contributed by atoms with van der Waals surface area (Å²) in [6, 6.07) is 0. The zero-order valence-electron chi connectivity index (χ0n) is 6.99. The van der Waals surface area contributed by atoms with Gasteiger partial charge in [-0.3, -0.25) is 0 Å². The third-order valence-corrected chi connectivity index (χ3v) is 1.50. The Labute approximate surface area is 67.9 Å². The van der Waals surface area contributed by atoms with E-state index in [-0.39, 0.29) is 0 Å². The second-order valence-corrected chi connectivity index (χ2v) is 2.10. The Morgan fingerprint density at radius 3 is 2.73 bits per heavy atom. The van der Waals surface area contributed by atoms with Crippen molar-refractivity contribution in [3.63, 3.8) is 0 Å². The van der Waals surface area contributed by atoms with E-state index in [0.29, 0.717) is 6.17 Å². The molecule has 0 saturated heterocycles. The van der Waals surface area contributed by atoms with E-state index in [9.17, 15) is 0 Å². The number of hydrogen-bond acceptors (Lipinski definition) is 2. The van der Waals surface area contributed by atoms with E-state index in [0.717, 1.165) is 0 Å². The van der Waals surface area contributed by atoms with Crippen molar-refractivity contribution < 1.29 is 0 Å². The molecular weight excluding hydrogens is 136 g/mol. The van der Waals surface area contributed by atoms with Gasteiger partial charge in [0.25, 0.3) is 0 Å². The molecule has 0 bridgehead atoms. The normalized spacial score (nSPS) is 23.8. The molecule has 0 aromatic rings. The van der Waals surface area contributed by atoms with Crippen LogP contribution >= 0.6 is 0 Å².